The van der Waals surface area contributed by atoms with E-state index in [-0.39, 0.29) is 11.6 Å². The van der Waals surface area contributed by atoms with E-state index in [1.807, 2.05) is 30.3 Å². The third-order valence-electron chi connectivity index (χ3n) is 2.67. The number of benzene rings is 2. The first kappa shape index (κ1) is 12.2. The Morgan fingerprint density at radius 2 is 1.83 bits per heavy atom. The van der Waals surface area contributed by atoms with Crippen molar-refractivity contribution in [2.24, 2.45) is 0 Å². The van der Waals surface area contributed by atoms with E-state index in [4.69, 9.17) is 0 Å². The summed E-state index contributed by atoms with van der Waals surface area (Å²) >= 11 is 0. The molecule has 0 N–H and O–H groups in total. The second-order valence-corrected chi connectivity index (χ2v) is 4.07. The average molecular weight is 240 g/mol. The monoisotopic (exact) mass is 240 g/mol. The maximum Gasteiger partial charge on any atom is 0.185 e. The molecule has 0 saturated heterocycles. The fourth-order valence-electron chi connectivity index (χ4n) is 1.63. The highest BCUT2D eigenvalue weighted by Gasteiger charge is 2.04. The van der Waals surface area contributed by atoms with Gasteiger partial charge in [-0.25, -0.2) is 4.39 Å². The Morgan fingerprint density at radius 3 is 2.50 bits per heavy atom. The number of allylic oxidation sites excluding steroid dienone is 1. The normalized spacial score (nSPS) is 10.8. The van der Waals surface area contributed by atoms with Crippen LogP contribution in [0.3, 0.4) is 0 Å². The SMILES string of the molecule is Cc1cc(C(=O)/C=C/c2ccccc2)ccc1F. The zero-order valence-corrected chi connectivity index (χ0v) is 10.1. The van der Waals surface area contributed by atoms with Crippen LogP contribution in [0.4, 0.5) is 4.39 Å². The van der Waals surface area contributed by atoms with Gasteiger partial charge in [-0.2, -0.15) is 0 Å². The minimum Gasteiger partial charge on any atom is -0.289 e. The quantitative estimate of drug-likeness (QED) is 0.584. The van der Waals surface area contributed by atoms with Crippen molar-refractivity contribution in [2.75, 3.05) is 0 Å². The number of ketones is 1. The topological polar surface area (TPSA) is 17.1 Å². The fraction of sp³-hybridized carbons (Fsp3) is 0.0625. The molecule has 2 aromatic rings. The summed E-state index contributed by atoms with van der Waals surface area (Å²) in [5.74, 6) is -0.416. The molecular formula is C16H13FO. The van der Waals surface area contributed by atoms with Crippen LogP contribution >= 0.6 is 0 Å². The van der Waals surface area contributed by atoms with E-state index in [9.17, 15) is 9.18 Å². The van der Waals surface area contributed by atoms with Crippen LogP contribution < -0.4 is 0 Å². The Hall–Kier alpha value is -2.22. The maximum absolute atomic E-state index is 13.1. The van der Waals surface area contributed by atoms with Crippen LogP contribution in [-0.4, -0.2) is 5.78 Å². The molecule has 0 atom stereocenters. The van der Waals surface area contributed by atoms with Crippen molar-refractivity contribution >= 4 is 11.9 Å². The van der Waals surface area contributed by atoms with Crippen LogP contribution in [0.2, 0.25) is 0 Å². The van der Waals surface area contributed by atoms with Gasteiger partial charge in [0.15, 0.2) is 5.78 Å². The first-order valence-electron chi connectivity index (χ1n) is 5.70. The molecule has 0 spiro atoms. The van der Waals surface area contributed by atoms with E-state index in [0.717, 1.165) is 5.56 Å². The summed E-state index contributed by atoms with van der Waals surface area (Å²) in [7, 11) is 0. The van der Waals surface area contributed by atoms with Crippen LogP contribution in [-0.2, 0) is 0 Å². The number of carbonyl (C=O) groups excluding carboxylic acids is 1. The second-order valence-electron chi connectivity index (χ2n) is 4.07. The van der Waals surface area contributed by atoms with E-state index in [1.54, 1.807) is 19.1 Å². The van der Waals surface area contributed by atoms with Crippen molar-refractivity contribution in [1.82, 2.24) is 0 Å². The molecule has 90 valence electrons. The molecule has 0 saturated carbocycles. The summed E-state index contributed by atoms with van der Waals surface area (Å²) in [6, 6.07) is 14.0. The van der Waals surface area contributed by atoms with E-state index in [1.165, 1.54) is 18.2 Å². The van der Waals surface area contributed by atoms with Gasteiger partial charge < -0.3 is 0 Å². The molecule has 0 bridgehead atoms. The molecule has 0 heterocycles. The number of halogens is 1. The third kappa shape index (κ3) is 2.92. The number of aryl methyl sites for hydroxylation is 1. The zero-order valence-electron chi connectivity index (χ0n) is 10.1. The van der Waals surface area contributed by atoms with Gasteiger partial charge in [-0.1, -0.05) is 36.4 Å². The number of hydrogen-bond acceptors (Lipinski definition) is 1. The second kappa shape index (κ2) is 5.41. The summed E-state index contributed by atoms with van der Waals surface area (Å²) in [4.78, 5) is 11.9. The molecule has 2 heteroatoms. The molecule has 18 heavy (non-hydrogen) atoms. The molecule has 1 nitrogen and oxygen atoms in total. The van der Waals surface area contributed by atoms with Crippen molar-refractivity contribution in [2.45, 2.75) is 6.92 Å². The molecule has 0 fully saturated rings. The van der Waals surface area contributed by atoms with Gasteiger partial charge >= 0.3 is 0 Å². The minimum absolute atomic E-state index is 0.123. The van der Waals surface area contributed by atoms with E-state index in [2.05, 4.69) is 0 Å². The summed E-state index contributed by atoms with van der Waals surface area (Å²) < 4.78 is 13.1. The highest BCUT2D eigenvalue weighted by molar-refractivity contribution is 6.06. The van der Waals surface area contributed by atoms with Gasteiger partial charge in [-0.05, 0) is 42.3 Å². The average Bonchev–Trinajstić information content (AvgIpc) is 2.40. The van der Waals surface area contributed by atoms with Crippen molar-refractivity contribution < 1.29 is 9.18 Å². The largest absolute Gasteiger partial charge is 0.289 e. The molecule has 0 unspecified atom stereocenters. The van der Waals surface area contributed by atoms with E-state index < -0.39 is 0 Å². The summed E-state index contributed by atoms with van der Waals surface area (Å²) in [5, 5.41) is 0. The predicted octanol–water partition coefficient (Wildman–Crippen LogP) is 4.03. The van der Waals surface area contributed by atoms with Crippen LogP contribution in [0.1, 0.15) is 21.5 Å². The Morgan fingerprint density at radius 1 is 1.11 bits per heavy atom. The fourth-order valence-corrected chi connectivity index (χ4v) is 1.63. The maximum atomic E-state index is 13.1. The molecule has 0 radical (unpaired) electrons. The lowest BCUT2D eigenvalue weighted by atomic mass is 10.1. The number of rotatable bonds is 3. The van der Waals surface area contributed by atoms with Gasteiger partial charge in [0.05, 0.1) is 0 Å². The molecular weight excluding hydrogens is 227 g/mol. The molecule has 0 aromatic heterocycles. The van der Waals surface area contributed by atoms with Crippen LogP contribution in [0.25, 0.3) is 6.08 Å². The molecule has 2 rings (SSSR count). The smallest absolute Gasteiger partial charge is 0.185 e. The highest BCUT2D eigenvalue weighted by atomic mass is 19.1. The van der Waals surface area contributed by atoms with Crippen LogP contribution in [0.15, 0.2) is 54.6 Å². The van der Waals surface area contributed by atoms with E-state index in [0.29, 0.717) is 11.1 Å². The third-order valence-corrected chi connectivity index (χ3v) is 2.67. The minimum atomic E-state index is -0.293. The van der Waals surface area contributed by atoms with Gasteiger partial charge in [-0.15, -0.1) is 0 Å². The van der Waals surface area contributed by atoms with Gasteiger partial charge in [0, 0.05) is 5.56 Å². The van der Waals surface area contributed by atoms with Crippen molar-refractivity contribution in [3.63, 3.8) is 0 Å². The standard InChI is InChI=1S/C16H13FO/c1-12-11-14(8-9-15(12)17)16(18)10-7-13-5-3-2-4-6-13/h2-11H,1H3/b10-7+. The molecule has 0 amide bonds. The van der Waals surface area contributed by atoms with Crippen molar-refractivity contribution in [3.05, 3.63) is 77.1 Å². The van der Waals surface area contributed by atoms with Gasteiger partial charge in [-0.3, -0.25) is 4.79 Å². The summed E-state index contributed by atoms with van der Waals surface area (Å²) in [5.41, 5.74) is 1.94. The van der Waals surface area contributed by atoms with Gasteiger partial charge in [0.25, 0.3) is 0 Å². The first-order valence-corrected chi connectivity index (χ1v) is 5.70. The first-order chi connectivity index (χ1) is 8.66. The number of hydrogen-bond donors (Lipinski definition) is 0. The van der Waals surface area contributed by atoms with Gasteiger partial charge in [0.2, 0.25) is 0 Å². The zero-order chi connectivity index (χ0) is 13.0. The Labute approximate surface area is 106 Å². The Bertz CT molecular complexity index is 585. The van der Waals surface area contributed by atoms with Crippen LogP contribution in [0.5, 0.6) is 0 Å². The molecule has 2 aromatic carbocycles. The number of carbonyl (C=O) groups is 1. The van der Waals surface area contributed by atoms with Crippen molar-refractivity contribution in [3.8, 4) is 0 Å². The Kier molecular flexibility index (Phi) is 3.68. The molecule has 0 aliphatic carbocycles. The summed E-state index contributed by atoms with van der Waals surface area (Å²) in [6.07, 6.45) is 3.25. The predicted molar refractivity (Wildman–Crippen MR) is 70.9 cm³/mol. The lowest BCUT2D eigenvalue weighted by Gasteiger charge is -1.99. The molecule has 0 aliphatic rings. The Balaban J connectivity index is 2.17. The van der Waals surface area contributed by atoms with Crippen LogP contribution in [0, 0.1) is 12.7 Å². The lowest BCUT2D eigenvalue weighted by molar-refractivity contribution is 0.104. The van der Waals surface area contributed by atoms with Gasteiger partial charge in [0.1, 0.15) is 5.82 Å². The van der Waals surface area contributed by atoms with E-state index >= 15 is 0 Å². The lowest BCUT2D eigenvalue weighted by Crippen LogP contribution is -1.96. The molecule has 0 aliphatic heterocycles. The van der Waals surface area contributed by atoms with Crippen molar-refractivity contribution in [1.29, 1.82) is 0 Å². The summed E-state index contributed by atoms with van der Waals surface area (Å²) in [6.45, 7) is 1.65. The highest BCUT2D eigenvalue weighted by Crippen LogP contribution is 2.11.